The predicted octanol–water partition coefficient (Wildman–Crippen LogP) is 0.640. The third-order valence-electron chi connectivity index (χ3n) is 2.35. The van der Waals surface area contributed by atoms with E-state index in [2.05, 4.69) is 15.5 Å². The summed E-state index contributed by atoms with van der Waals surface area (Å²) in [5, 5.41) is 17.5. The molecule has 1 heterocycles. The van der Waals surface area contributed by atoms with E-state index in [4.69, 9.17) is 5.11 Å². The van der Waals surface area contributed by atoms with Crippen LogP contribution in [0.4, 0.5) is 0 Å². The van der Waals surface area contributed by atoms with Crippen LogP contribution in [-0.2, 0) is 4.79 Å². The molecule has 0 fully saturated rings. The fraction of sp³-hybridized carbons (Fsp3) is 0.500. The quantitative estimate of drug-likeness (QED) is 0.662. The number of hydrogen-bond acceptors (Lipinski definition) is 3. The molecule has 0 saturated carbocycles. The molecule has 0 aliphatic carbocycles. The third kappa shape index (κ3) is 3.72. The molecule has 1 aromatic heterocycles. The molecule has 1 amide bonds. The number of aliphatic carboxylic acids is 1. The van der Waals surface area contributed by atoms with Gasteiger partial charge in [-0.3, -0.25) is 14.7 Å². The molecule has 0 aliphatic rings. The number of H-pyrrole nitrogens is 1. The van der Waals surface area contributed by atoms with Crippen molar-refractivity contribution in [1.82, 2.24) is 15.5 Å². The summed E-state index contributed by atoms with van der Waals surface area (Å²) in [5.41, 5.74) is 0.449. The second-order valence-corrected chi connectivity index (χ2v) is 3.57. The van der Waals surface area contributed by atoms with Gasteiger partial charge in [-0.25, -0.2) is 0 Å². The van der Waals surface area contributed by atoms with E-state index < -0.39 is 5.97 Å². The van der Waals surface area contributed by atoms with Gasteiger partial charge in [0.05, 0.1) is 11.8 Å². The Morgan fingerprint density at radius 1 is 1.62 bits per heavy atom. The van der Waals surface area contributed by atoms with Crippen molar-refractivity contribution in [2.75, 3.05) is 6.54 Å². The molecule has 6 nitrogen and oxygen atoms in total. The van der Waals surface area contributed by atoms with E-state index in [1.54, 1.807) is 0 Å². The molecular weight excluding hydrogens is 210 g/mol. The predicted molar refractivity (Wildman–Crippen MR) is 57.0 cm³/mol. The van der Waals surface area contributed by atoms with Crippen LogP contribution >= 0.6 is 0 Å². The second kappa shape index (κ2) is 5.89. The molecule has 1 aromatic rings. The van der Waals surface area contributed by atoms with Crippen LogP contribution in [0.1, 0.15) is 30.1 Å². The Labute approximate surface area is 93.1 Å². The Kier molecular flexibility index (Phi) is 4.50. The molecule has 1 atom stereocenters. The highest BCUT2D eigenvalue weighted by molar-refractivity contribution is 5.93. The first-order chi connectivity index (χ1) is 7.63. The van der Waals surface area contributed by atoms with Crippen molar-refractivity contribution in [2.45, 2.75) is 19.8 Å². The summed E-state index contributed by atoms with van der Waals surface area (Å²) in [6, 6.07) is 0. The molecule has 0 saturated heterocycles. The maximum atomic E-state index is 11.5. The van der Waals surface area contributed by atoms with Gasteiger partial charge in [-0.05, 0) is 5.92 Å². The zero-order chi connectivity index (χ0) is 12.0. The molecule has 3 N–H and O–H groups in total. The minimum atomic E-state index is -0.843. The number of rotatable bonds is 6. The van der Waals surface area contributed by atoms with Gasteiger partial charge in [-0.15, -0.1) is 0 Å². The number of aromatic amines is 1. The maximum absolute atomic E-state index is 11.5. The Balaban J connectivity index is 2.38. The highest BCUT2D eigenvalue weighted by Crippen LogP contribution is 2.06. The smallest absolute Gasteiger partial charge is 0.303 e. The molecule has 6 heteroatoms. The van der Waals surface area contributed by atoms with Crippen molar-refractivity contribution in [3.8, 4) is 0 Å². The summed E-state index contributed by atoms with van der Waals surface area (Å²) in [6.45, 7) is 2.27. The molecule has 0 aliphatic heterocycles. The van der Waals surface area contributed by atoms with Gasteiger partial charge >= 0.3 is 5.97 Å². The molecular formula is C10H15N3O3. The fourth-order valence-electron chi connectivity index (χ4n) is 1.32. The van der Waals surface area contributed by atoms with Crippen molar-refractivity contribution < 1.29 is 14.7 Å². The van der Waals surface area contributed by atoms with Crippen LogP contribution in [0.25, 0.3) is 0 Å². The van der Waals surface area contributed by atoms with E-state index in [1.165, 1.54) is 12.4 Å². The van der Waals surface area contributed by atoms with Gasteiger partial charge in [0.1, 0.15) is 0 Å². The third-order valence-corrected chi connectivity index (χ3v) is 2.35. The van der Waals surface area contributed by atoms with Gasteiger partial charge in [0.25, 0.3) is 5.91 Å². The lowest BCUT2D eigenvalue weighted by molar-refractivity contribution is -0.138. The van der Waals surface area contributed by atoms with Gasteiger partial charge in [0, 0.05) is 19.2 Å². The molecule has 0 bridgehead atoms. The summed E-state index contributed by atoms with van der Waals surface area (Å²) in [4.78, 5) is 22.0. The van der Waals surface area contributed by atoms with Gasteiger partial charge < -0.3 is 10.4 Å². The highest BCUT2D eigenvalue weighted by Gasteiger charge is 2.13. The average Bonchev–Trinajstić information content (AvgIpc) is 2.76. The van der Waals surface area contributed by atoms with E-state index in [0.717, 1.165) is 6.42 Å². The first kappa shape index (κ1) is 12.2. The van der Waals surface area contributed by atoms with Crippen molar-refractivity contribution in [2.24, 2.45) is 5.92 Å². The molecule has 1 rings (SSSR count). The number of nitrogens with one attached hydrogen (secondary N) is 2. The Bertz CT molecular complexity index is 348. The molecule has 0 aromatic carbocycles. The topological polar surface area (TPSA) is 95.1 Å². The van der Waals surface area contributed by atoms with Crippen LogP contribution in [0.2, 0.25) is 0 Å². The number of carboxylic acid groups (broad SMARTS) is 1. The van der Waals surface area contributed by atoms with Gasteiger partial charge in [0.15, 0.2) is 0 Å². The van der Waals surface area contributed by atoms with E-state index in [-0.39, 0.29) is 18.2 Å². The largest absolute Gasteiger partial charge is 0.481 e. The van der Waals surface area contributed by atoms with Crippen molar-refractivity contribution in [3.05, 3.63) is 18.0 Å². The van der Waals surface area contributed by atoms with Crippen molar-refractivity contribution in [1.29, 1.82) is 0 Å². The molecule has 0 radical (unpaired) electrons. The number of amides is 1. The van der Waals surface area contributed by atoms with E-state index in [9.17, 15) is 9.59 Å². The van der Waals surface area contributed by atoms with E-state index in [0.29, 0.717) is 12.1 Å². The zero-order valence-electron chi connectivity index (χ0n) is 9.06. The summed E-state index contributed by atoms with van der Waals surface area (Å²) < 4.78 is 0. The number of carboxylic acids is 1. The molecule has 88 valence electrons. The fourth-order valence-corrected chi connectivity index (χ4v) is 1.32. The molecule has 1 unspecified atom stereocenters. The van der Waals surface area contributed by atoms with Gasteiger partial charge in [-0.2, -0.15) is 5.10 Å². The monoisotopic (exact) mass is 225 g/mol. The van der Waals surface area contributed by atoms with E-state index >= 15 is 0 Å². The highest BCUT2D eigenvalue weighted by atomic mass is 16.4. The lowest BCUT2D eigenvalue weighted by Crippen LogP contribution is -2.29. The molecule has 0 spiro atoms. The Morgan fingerprint density at radius 2 is 2.38 bits per heavy atom. The second-order valence-electron chi connectivity index (χ2n) is 3.57. The van der Waals surface area contributed by atoms with Gasteiger partial charge in [0.2, 0.25) is 0 Å². The van der Waals surface area contributed by atoms with Crippen molar-refractivity contribution >= 4 is 11.9 Å². The van der Waals surface area contributed by atoms with Crippen LogP contribution in [0.15, 0.2) is 12.4 Å². The number of aromatic nitrogens is 2. The summed E-state index contributed by atoms with van der Waals surface area (Å²) in [7, 11) is 0. The first-order valence-electron chi connectivity index (χ1n) is 5.12. The van der Waals surface area contributed by atoms with E-state index in [1.807, 2.05) is 6.92 Å². The summed E-state index contributed by atoms with van der Waals surface area (Å²) >= 11 is 0. The van der Waals surface area contributed by atoms with Crippen LogP contribution in [-0.4, -0.2) is 33.7 Å². The summed E-state index contributed by atoms with van der Waals surface area (Å²) in [6.07, 6.45) is 3.71. The maximum Gasteiger partial charge on any atom is 0.303 e. The minimum Gasteiger partial charge on any atom is -0.481 e. The normalized spacial score (nSPS) is 12.1. The van der Waals surface area contributed by atoms with Crippen LogP contribution < -0.4 is 5.32 Å². The van der Waals surface area contributed by atoms with Crippen LogP contribution in [0.5, 0.6) is 0 Å². The van der Waals surface area contributed by atoms with Crippen molar-refractivity contribution in [3.63, 3.8) is 0 Å². The Morgan fingerprint density at radius 3 is 2.88 bits per heavy atom. The number of carbonyl (C=O) groups is 2. The summed E-state index contributed by atoms with van der Waals surface area (Å²) in [5.74, 6) is -1.12. The minimum absolute atomic E-state index is 0.0339. The SMILES string of the molecule is CCC(CNC(=O)c1cn[nH]c1)CC(=O)O. The average molecular weight is 225 g/mol. The first-order valence-corrected chi connectivity index (χ1v) is 5.12. The van der Waals surface area contributed by atoms with Gasteiger partial charge in [-0.1, -0.05) is 13.3 Å². The standard InChI is InChI=1S/C10H15N3O3/c1-2-7(3-9(14)15)4-11-10(16)8-5-12-13-6-8/h5-7H,2-4H2,1H3,(H,11,16)(H,12,13)(H,14,15). The lowest BCUT2D eigenvalue weighted by atomic mass is 10.0. The Hall–Kier alpha value is -1.85. The van der Waals surface area contributed by atoms with Crippen LogP contribution in [0.3, 0.4) is 0 Å². The molecule has 16 heavy (non-hydrogen) atoms. The number of carbonyl (C=O) groups excluding carboxylic acids is 1. The number of nitrogens with zero attached hydrogens (tertiary/aromatic N) is 1. The number of hydrogen-bond donors (Lipinski definition) is 3. The lowest BCUT2D eigenvalue weighted by Gasteiger charge is -2.12. The zero-order valence-corrected chi connectivity index (χ0v) is 9.06. The van der Waals surface area contributed by atoms with Crippen LogP contribution in [0, 0.1) is 5.92 Å².